The SMILES string of the molecule is CC(C)(C)c1cc([C@@H](c2cccs2)N2CCNCC2)cc(C(C)(C)C)c1O.Cl.Cl. The molecule has 0 amide bonds. The third-order valence-electron chi connectivity index (χ3n) is 5.39. The van der Waals surface area contributed by atoms with Gasteiger partial charge in [-0.25, -0.2) is 0 Å². The highest BCUT2D eigenvalue weighted by Gasteiger charge is 2.31. The van der Waals surface area contributed by atoms with Crippen LogP contribution in [0.4, 0.5) is 0 Å². The second-order valence-corrected chi connectivity index (χ2v) is 10.6. The van der Waals surface area contributed by atoms with E-state index in [1.54, 1.807) is 0 Å². The molecule has 0 bridgehead atoms. The van der Waals surface area contributed by atoms with Gasteiger partial charge in [0.25, 0.3) is 0 Å². The van der Waals surface area contributed by atoms with Crippen LogP contribution in [-0.2, 0) is 10.8 Å². The molecule has 1 aromatic heterocycles. The van der Waals surface area contributed by atoms with Crippen molar-refractivity contribution in [2.75, 3.05) is 26.2 Å². The van der Waals surface area contributed by atoms with Gasteiger partial charge in [0, 0.05) is 31.1 Å². The summed E-state index contributed by atoms with van der Waals surface area (Å²) in [6, 6.07) is 9.13. The maximum atomic E-state index is 11.1. The first-order valence-corrected chi connectivity index (χ1v) is 10.8. The van der Waals surface area contributed by atoms with Gasteiger partial charge in [-0.2, -0.15) is 0 Å². The minimum atomic E-state index is -0.108. The molecule has 1 saturated heterocycles. The van der Waals surface area contributed by atoms with Crippen molar-refractivity contribution in [2.45, 2.75) is 58.4 Å². The van der Waals surface area contributed by atoms with Crippen molar-refractivity contribution >= 4 is 36.2 Å². The van der Waals surface area contributed by atoms with Crippen molar-refractivity contribution in [3.63, 3.8) is 0 Å². The van der Waals surface area contributed by atoms with Gasteiger partial charge < -0.3 is 10.4 Å². The molecule has 0 aliphatic carbocycles. The van der Waals surface area contributed by atoms with Gasteiger partial charge in [-0.15, -0.1) is 36.2 Å². The van der Waals surface area contributed by atoms with Crippen LogP contribution in [0, 0.1) is 0 Å². The number of hydrogen-bond donors (Lipinski definition) is 2. The molecule has 0 spiro atoms. The fraction of sp³-hybridized carbons (Fsp3) is 0.565. The van der Waals surface area contributed by atoms with Gasteiger partial charge in [-0.05, 0) is 51.1 Å². The Morgan fingerprint density at radius 1 is 0.966 bits per heavy atom. The van der Waals surface area contributed by atoms with Crippen molar-refractivity contribution in [3.8, 4) is 5.75 Å². The largest absolute Gasteiger partial charge is 0.507 e. The van der Waals surface area contributed by atoms with E-state index in [4.69, 9.17) is 0 Å². The summed E-state index contributed by atoms with van der Waals surface area (Å²) in [7, 11) is 0. The minimum Gasteiger partial charge on any atom is -0.507 e. The average molecular weight is 460 g/mol. The van der Waals surface area contributed by atoms with Crippen molar-refractivity contribution in [1.29, 1.82) is 0 Å². The Hall–Kier alpha value is -0.780. The Labute approximate surface area is 192 Å². The van der Waals surface area contributed by atoms with Gasteiger partial charge in [-0.3, -0.25) is 4.90 Å². The summed E-state index contributed by atoms with van der Waals surface area (Å²) in [5.74, 6) is 0.462. The molecular weight excluding hydrogens is 423 g/mol. The molecule has 164 valence electrons. The van der Waals surface area contributed by atoms with E-state index in [1.807, 2.05) is 11.3 Å². The number of nitrogens with zero attached hydrogens (tertiary/aromatic N) is 1. The van der Waals surface area contributed by atoms with Crippen molar-refractivity contribution in [2.24, 2.45) is 0 Å². The Kier molecular flexibility index (Phi) is 9.07. The van der Waals surface area contributed by atoms with E-state index in [0.717, 1.165) is 37.3 Å². The second-order valence-electron chi connectivity index (χ2n) is 9.67. The van der Waals surface area contributed by atoms with E-state index < -0.39 is 0 Å². The van der Waals surface area contributed by atoms with E-state index >= 15 is 0 Å². The first-order chi connectivity index (χ1) is 12.6. The number of rotatable bonds is 3. The Morgan fingerprint density at radius 2 is 1.48 bits per heavy atom. The number of hydrogen-bond acceptors (Lipinski definition) is 4. The van der Waals surface area contributed by atoms with E-state index in [2.05, 4.69) is 81.4 Å². The van der Waals surface area contributed by atoms with Crippen molar-refractivity contribution in [1.82, 2.24) is 10.2 Å². The monoisotopic (exact) mass is 458 g/mol. The molecule has 2 aromatic rings. The molecule has 3 nitrogen and oxygen atoms in total. The fourth-order valence-electron chi connectivity index (χ4n) is 3.90. The highest BCUT2D eigenvalue weighted by molar-refractivity contribution is 7.10. The summed E-state index contributed by atoms with van der Waals surface area (Å²) in [5.41, 5.74) is 3.17. The van der Waals surface area contributed by atoms with Gasteiger partial charge in [0.1, 0.15) is 5.75 Å². The predicted molar refractivity (Wildman–Crippen MR) is 131 cm³/mol. The smallest absolute Gasteiger partial charge is 0.123 e. The molecule has 2 N–H and O–H groups in total. The lowest BCUT2D eigenvalue weighted by Crippen LogP contribution is -2.45. The lowest BCUT2D eigenvalue weighted by atomic mass is 9.77. The maximum Gasteiger partial charge on any atom is 0.123 e. The highest BCUT2D eigenvalue weighted by atomic mass is 35.5. The number of phenols is 1. The van der Waals surface area contributed by atoms with Crippen LogP contribution in [0.25, 0.3) is 0 Å². The molecule has 1 aliphatic rings. The van der Waals surface area contributed by atoms with Gasteiger partial charge in [0.05, 0.1) is 6.04 Å². The Bertz CT molecular complexity index is 738. The summed E-state index contributed by atoms with van der Waals surface area (Å²) >= 11 is 1.83. The normalized spacial score (nSPS) is 16.6. The molecule has 1 aliphatic heterocycles. The number of nitrogens with one attached hydrogen (secondary N) is 1. The summed E-state index contributed by atoms with van der Waals surface area (Å²) in [5, 5.41) is 16.7. The summed E-state index contributed by atoms with van der Waals surface area (Å²) in [4.78, 5) is 3.95. The number of phenolic OH excluding ortho intramolecular Hbond substituents is 1. The summed E-state index contributed by atoms with van der Waals surface area (Å²) in [6.07, 6.45) is 0. The van der Waals surface area contributed by atoms with Crippen LogP contribution in [0.3, 0.4) is 0 Å². The standard InChI is InChI=1S/C23H34N2OS.2ClH/c1-22(2,3)17-14-16(15-18(21(17)26)23(4,5)6)20(19-8-7-13-27-19)25-11-9-24-10-12-25;;/h7-8,13-15,20,24,26H,9-12H2,1-6H3;2*1H/t20-;;/m0../s1. The predicted octanol–water partition coefficient (Wildman–Crippen LogP) is 5.89. The molecule has 29 heavy (non-hydrogen) atoms. The van der Waals surface area contributed by atoms with E-state index in [1.165, 1.54) is 10.4 Å². The van der Waals surface area contributed by atoms with Crippen LogP contribution in [0.15, 0.2) is 29.6 Å². The third-order valence-corrected chi connectivity index (χ3v) is 6.32. The molecule has 6 heteroatoms. The molecule has 0 unspecified atom stereocenters. The Balaban J connectivity index is 0.00000210. The summed E-state index contributed by atoms with van der Waals surface area (Å²) < 4.78 is 0. The number of piperazine rings is 1. The number of thiophene rings is 1. The average Bonchev–Trinajstić information content (AvgIpc) is 3.09. The molecule has 3 rings (SSSR count). The number of aromatic hydroxyl groups is 1. The first-order valence-electron chi connectivity index (χ1n) is 9.95. The molecule has 1 aromatic carbocycles. The molecule has 1 fully saturated rings. The number of halogens is 2. The fourth-order valence-corrected chi connectivity index (χ4v) is 4.79. The van der Waals surface area contributed by atoms with Crippen molar-refractivity contribution < 1.29 is 5.11 Å². The highest BCUT2D eigenvalue weighted by Crippen LogP contribution is 2.43. The zero-order chi connectivity index (χ0) is 19.8. The summed E-state index contributed by atoms with van der Waals surface area (Å²) in [6.45, 7) is 17.2. The van der Waals surface area contributed by atoms with Crippen molar-refractivity contribution in [3.05, 3.63) is 51.2 Å². The first kappa shape index (κ1) is 26.3. The van der Waals surface area contributed by atoms with E-state index in [-0.39, 0.29) is 41.7 Å². The van der Waals surface area contributed by atoms with Crippen LogP contribution in [0.2, 0.25) is 0 Å². The van der Waals surface area contributed by atoms with E-state index in [9.17, 15) is 5.11 Å². The maximum absolute atomic E-state index is 11.1. The van der Waals surface area contributed by atoms with Crippen LogP contribution < -0.4 is 5.32 Å². The zero-order valence-electron chi connectivity index (χ0n) is 18.4. The molecule has 1 atom stereocenters. The lowest BCUT2D eigenvalue weighted by Gasteiger charge is -2.36. The van der Waals surface area contributed by atoms with Gasteiger partial charge in [-0.1, -0.05) is 47.6 Å². The van der Waals surface area contributed by atoms with Gasteiger partial charge >= 0.3 is 0 Å². The molecule has 0 saturated carbocycles. The van der Waals surface area contributed by atoms with Crippen LogP contribution >= 0.6 is 36.2 Å². The molecular formula is C23H36Cl2N2OS. The second kappa shape index (κ2) is 10.0. The van der Waals surface area contributed by atoms with Crippen LogP contribution in [-0.4, -0.2) is 36.2 Å². The Morgan fingerprint density at radius 3 is 1.90 bits per heavy atom. The van der Waals surface area contributed by atoms with Crippen LogP contribution in [0.1, 0.15) is 69.2 Å². The minimum absolute atomic E-state index is 0. The third kappa shape index (κ3) is 5.89. The van der Waals surface area contributed by atoms with E-state index in [0.29, 0.717) is 5.75 Å². The lowest BCUT2D eigenvalue weighted by molar-refractivity contribution is 0.200. The zero-order valence-corrected chi connectivity index (χ0v) is 20.9. The van der Waals surface area contributed by atoms with Gasteiger partial charge in [0.15, 0.2) is 0 Å². The molecule has 2 heterocycles. The quantitative estimate of drug-likeness (QED) is 0.601. The topological polar surface area (TPSA) is 35.5 Å². The number of benzene rings is 1. The van der Waals surface area contributed by atoms with Gasteiger partial charge in [0.2, 0.25) is 0 Å². The molecule has 0 radical (unpaired) electrons. The van der Waals surface area contributed by atoms with Crippen LogP contribution in [0.5, 0.6) is 5.75 Å².